The quantitative estimate of drug-likeness (QED) is 0.298. The van der Waals surface area contributed by atoms with Gasteiger partial charge >= 0.3 is 0 Å². The van der Waals surface area contributed by atoms with E-state index in [4.69, 9.17) is 16.3 Å². The van der Waals surface area contributed by atoms with Crippen LogP contribution in [0.15, 0.2) is 87.4 Å². The van der Waals surface area contributed by atoms with Crippen molar-refractivity contribution < 1.29 is 4.74 Å². The standard InChI is InChI=1S/C28H29ClN4O3/c1-3-4-12-21(30-2)15-16-32-25(19-36-18-20-10-6-5-7-11-20)27-23(17-26(32)34)31-33(28(27)35)24-14-9-8-13-22(24)29/h4-14,17,31H,3,15-16,18-19H2,1-2H3/b12-4-,30-21?. The number of nitrogens with zero attached hydrogens (tertiary/aromatic N) is 3. The number of rotatable bonds is 10. The minimum atomic E-state index is -0.291. The summed E-state index contributed by atoms with van der Waals surface area (Å²) in [5.41, 5.74) is 2.85. The highest BCUT2D eigenvalue weighted by Crippen LogP contribution is 2.21. The summed E-state index contributed by atoms with van der Waals surface area (Å²) in [6.07, 6.45) is 5.45. The van der Waals surface area contributed by atoms with Crippen molar-refractivity contribution >= 4 is 28.2 Å². The van der Waals surface area contributed by atoms with Crippen LogP contribution in [-0.4, -0.2) is 27.1 Å². The number of hydrogen-bond acceptors (Lipinski definition) is 4. The van der Waals surface area contributed by atoms with Crippen molar-refractivity contribution in [2.45, 2.75) is 39.5 Å². The molecule has 36 heavy (non-hydrogen) atoms. The number of aromatic nitrogens is 3. The number of aromatic amines is 1. The molecular weight excluding hydrogens is 476 g/mol. The SMILES string of the molecule is CC/C=C\C(CCn1c(COCc2ccccc2)c2c(=O)n(-c3ccccc3Cl)[nH]c2cc1=O)=NC. The number of hydrogen-bond donors (Lipinski definition) is 1. The van der Waals surface area contributed by atoms with Gasteiger partial charge in [0.25, 0.3) is 11.1 Å². The Morgan fingerprint density at radius 2 is 1.83 bits per heavy atom. The Balaban J connectivity index is 1.78. The van der Waals surface area contributed by atoms with Crippen molar-refractivity contribution in [1.29, 1.82) is 0 Å². The fourth-order valence-corrected chi connectivity index (χ4v) is 4.31. The largest absolute Gasteiger partial charge is 0.371 e. The van der Waals surface area contributed by atoms with Gasteiger partial charge in [-0.25, -0.2) is 4.68 Å². The first-order chi connectivity index (χ1) is 17.5. The van der Waals surface area contributed by atoms with Crippen LogP contribution in [-0.2, 0) is 24.5 Å². The van der Waals surface area contributed by atoms with E-state index >= 15 is 0 Å². The number of benzene rings is 2. The molecule has 0 amide bonds. The number of fused-ring (bicyclic) bond motifs is 1. The third-order valence-corrected chi connectivity index (χ3v) is 6.25. The number of ether oxygens (including phenoxy) is 1. The van der Waals surface area contributed by atoms with Gasteiger partial charge in [-0.1, -0.05) is 67.1 Å². The van der Waals surface area contributed by atoms with Gasteiger partial charge in [0.2, 0.25) is 0 Å². The topological polar surface area (TPSA) is 81.4 Å². The number of nitrogens with one attached hydrogen (secondary N) is 1. The summed E-state index contributed by atoms with van der Waals surface area (Å²) in [5, 5.41) is 3.89. The third-order valence-electron chi connectivity index (χ3n) is 5.94. The van der Waals surface area contributed by atoms with Crippen LogP contribution in [0.25, 0.3) is 16.6 Å². The van der Waals surface area contributed by atoms with Crippen LogP contribution in [0.3, 0.4) is 0 Å². The second kappa shape index (κ2) is 11.8. The molecule has 1 N–H and O–H groups in total. The fourth-order valence-electron chi connectivity index (χ4n) is 4.09. The zero-order valence-electron chi connectivity index (χ0n) is 20.4. The van der Waals surface area contributed by atoms with Gasteiger partial charge in [-0.05, 0) is 30.2 Å². The number of para-hydroxylation sites is 1. The Hall–Kier alpha value is -3.68. The van der Waals surface area contributed by atoms with Crippen molar-refractivity contribution in [3.05, 3.63) is 110 Å². The summed E-state index contributed by atoms with van der Waals surface area (Å²) >= 11 is 6.36. The highest BCUT2D eigenvalue weighted by atomic mass is 35.5. The van der Waals surface area contributed by atoms with Crippen LogP contribution in [0.5, 0.6) is 0 Å². The lowest BCUT2D eigenvalue weighted by Crippen LogP contribution is -2.26. The Labute approximate surface area is 214 Å². The zero-order chi connectivity index (χ0) is 25.5. The van der Waals surface area contributed by atoms with Crippen LogP contribution >= 0.6 is 11.6 Å². The monoisotopic (exact) mass is 504 g/mol. The number of aliphatic imine (C=N–C) groups is 1. The maximum absolute atomic E-state index is 13.6. The van der Waals surface area contributed by atoms with Gasteiger partial charge in [-0.15, -0.1) is 0 Å². The summed E-state index contributed by atoms with van der Waals surface area (Å²) < 4.78 is 9.00. The van der Waals surface area contributed by atoms with Gasteiger partial charge in [0, 0.05) is 31.8 Å². The summed E-state index contributed by atoms with van der Waals surface area (Å²) in [7, 11) is 1.74. The van der Waals surface area contributed by atoms with E-state index in [2.05, 4.69) is 17.0 Å². The number of H-pyrrole nitrogens is 1. The molecule has 186 valence electrons. The number of halogens is 1. The lowest BCUT2D eigenvalue weighted by Gasteiger charge is -2.14. The second-order valence-electron chi connectivity index (χ2n) is 8.33. The predicted octanol–water partition coefficient (Wildman–Crippen LogP) is 5.28. The first kappa shape index (κ1) is 25.4. The molecule has 0 aliphatic carbocycles. The number of pyridine rings is 1. The van der Waals surface area contributed by atoms with Gasteiger partial charge in [-0.3, -0.25) is 19.7 Å². The summed E-state index contributed by atoms with van der Waals surface area (Å²) in [6.45, 7) is 2.88. The molecule has 4 rings (SSSR count). The van der Waals surface area contributed by atoms with E-state index in [1.807, 2.05) is 42.5 Å². The van der Waals surface area contributed by atoms with E-state index in [-0.39, 0.29) is 17.7 Å². The van der Waals surface area contributed by atoms with Crippen molar-refractivity contribution in [3.63, 3.8) is 0 Å². The van der Waals surface area contributed by atoms with Crippen molar-refractivity contribution in [3.8, 4) is 5.69 Å². The van der Waals surface area contributed by atoms with Crippen LogP contribution in [0.1, 0.15) is 31.0 Å². The fraction of sp³-hybridized carbons (Fsp3) is 0.250. The van der Waals surface area contributed by atoms with Crippen molar-refractivity contribution in [2.24, 2.45) is 4.99 Å². The molecule has 2 aromatic heterocycles. The summed E-state index contributed by atoms with van der Waals surface area (Å²) in [6, 6.07) is 18.3. The Morgan fingerprint density at radius 1 is 1.08 bits per heavy atom. The maximum atomic E-state index is 13.6. The van der Waals surface area contributed by atoms with Gasteiger partial charge < -0.3 is 9.30 Å². The molecule has 8 heteroatoms. The first-order valence-electron chi connectivity index (χ1n) is 11.9. The second-order valence-corrected chi connectivity index (χ2v) is 8.73. The molecule has 0 saturated heterocycles. The average molecular weight is 505 g/mol. The molecule has 0 radical (unpaired) electrons. The molecule has 7 nitrogen and oxygen atoms in total. The van der Waals surface area contributed by atoms with Gasteiger partial charge in [0.15, 0.2) is 0 Å². The maximum Gasteiger partial charge on any atom is 0.281 e. The Kier molecular flexibility index (Phi) is 8.36. The van der Waals surface area contributed by atoms with Gasteiger partial charge in [0.05, 0.1) is 40.5 Å². The van der Waals surface area contributed by atoms with Crippen LogP contribution < -0.4 is 11.1 Å². The van der Waals surface area contributed by atoms with E-state index in [9.17, 15) is 9.59 Å². The number of allylic oxidation sites excluding steroid dienone is 2. The molecule has 2 heterocycles. The molecule has 0 spiro atoms. The predicted molar refractivity (Wildman–Crippen MR) is 146 cm³/mol. The average Bonchev–Trinajstić information content (AvgIpc) is 3.21. The zero-order valence-corrected chi connectivity index (χ0v) is 21.2. The Bertz CT molecular complexity index is 1510. The minimum absolute atomic E-state index is 0.0977. The molecule has 0 bridgehead atoms. The molecule has 0 aliphatic rings. The highest BCUT2D eigenvalue weighted by Gasteiger charge is 2.19. The van der Waals surface area contributed by atoms with E-state index in [1.165, 1.54) is 10.7 Å². The third kappa shape index (κ3) is 5.58. The first-order valence-corrected chi connectivity index (χ1v) is 12.3. The summed E-state index contributed by atoms with van der Waals surface area (Å²) in [5.74, 6) is 0. The molecular formula is C28H29ClN4O3. The highest BCUT2D eigenvalue weighted by molar-refractivity contribution is 6.32. The lowest BCUT2D eigenvalue weighted by molar-refractivity contribution is 0.102. The van der Waals surface area contributed by atoms with E-state index in [0.717, 1.165) is 17.7 Å². The molecule has 0 fully saturated rings. The van der Waals surface area contributed by atoms with Crippen molar-refractivity contribution in [1.82, 2.24) is 14.3 Å². The molecule has 0 atom stereocenters. The molecule has 0 saturated carbocycles. The molecule has 0 aliphatic heterocycles. The van der Waals surface area contributed by atoms with Gasteiger partial charge in [0.1, 0.15) is 0 Å². The van der Waals surface area contributed by atoms with E-state index < -0.39 is 0 Å². The summed E-state index contributed by atoms with van der Waals surface area (Å²) in [4.78, 5) is 31.2. The van der Waals surface area contributed by atoms with Crippen LogP contribution in [0.4, 0.5) is 0 Å². The van der Waals surface area contributed by atoms with Gasteiger partial charge in [-0.2, -0.15) is 0 Å². The van der Waals surface area contributed by atoms with E-state index in [1.54, 1.807) is 35.9 Å². The normalized spacial score (nSPS) is 12.1. The molecule has 2 aromatic carbocycles. The van der Waals surface area contributed by atoms with E-state index in [0.29, 0.717) is 46.9 Å². The van der Waals surface area contributed by atoms with Crippen LogP contribution in [0, 0.1) is 0 Å². The lowest BCUT2D eigenvalue weighted by atomic mass is 10.2. The van der Waals surface area contributed by atoms with Crippen LogP contribution in [0.2, 0.25) is 5.02 Å². The minimum Gasteiger partial charge on any atom is -0.371 e. The van der Waals surface area contributed by atoms with Crippen molar-refractivity contribution in [2.75, 3.05) is 7.05 Å². The Morgan fingerprint density at radius 3 is 2.56 bits per heavy atom. The molecule has 0 unspecified atom stereocenters. The smallest absolute Gasteiger partial charge is 0.281 e. The molecule has 4 aromatic rings.